The van der Waals surface area contributed by atoms with Crippen molar-refractivity contribution in [2.75, 3.05) is 31.1 Å². The molecule has 0 atom stereocenters. The van der Waals surface area contributed by atoms with Crippen LogP contribution in [0.15, 0.2) is 47.4 Å². The normalized spacial score (nSPS) is 14.9. The van der Waals surface area contributed by atoms with Gasteiger partial charge in [-0.1, -0.05) is 26.0 Å². The zero-order valence-electron chi connectivity index (χ0n) is 18.5. The van der Waals surface area contributed by atoms with E-state index in [2.05, 4.69) is 46.8 Å². The van der Waals surface area contributed by atoms with Gasteiger partial charge in [0.2, 0.25) is 0 Å². The summed E-state index contributed by atoms with van der Waals surface area (Å²) in [6.07, 6.45) is 2.84. The van der Waals surface area contributed by atoms with Gasteiger partial charge in [0.15, 0.2) is 0 Å². The van der Waals surface area contributed by atoms with Crippen molar-refractivity contribution in [3.8, 4) is 6.07 Å². The van der Waals surface area contributed by atoms with Crippen LogP contribution < -0.4 is 10.5 Å². The molecule has 1 saturated heterocycles. The van der Waals surface area contributed by atoms with E-state index in [4.69, 9.17) is 0 Å². The number of pyridine rings is 1. The van der Waals surface area contributed by atoms with Crippen LogP contribution in [-0.2, 0) is 13.0 Å². The summed E-state index contributed by atoms with van der Waals surface area (Å²) in [7, 11) is 0. The lowest BCUT2D eigenvalue weighted by molar-refractivity contribution is 0.247. The maximum Gasteiger partial charge on any atom is 0.258 e. The molecule has 0 bridgehead atoms. The van der Waals surface area contributed by atoms with Crippen molar-refractivity contribution in [2.45, 2.75) is 33.7 Å². The van der Waals surface area contributed by atoms with Crippen LogP contribution in [0.5, 0.6) is 0 Å². The largest absolute Gasteiger partial charge is 0.368 e. The molecule has 0 N–H and O–H groups in total. The fourth-order valence-corrected chi connectivity index (χ4v) is 4.25. The van der Waals surface area contributed by atoms with Gasteiger partial charge in [-0.2, -0.15) is 5.26 Å². The molecule has 6 nitrogen and oxygen atoms in total. The van der Waals surface area contributed by atoms with Crippen LogP contribution in [0.25, 0.3) is 5.65 Å². The molecule has 6 heteroatoms. The first-order valence-electron chi connectivity index (χ1n) is 10.9. The Morgan fingerprint density at radius 2 is 1.87 bits per heavy atom. The number of benzene rings is 1. The number of hydrogen-bond acceptors (Lipinski definition) is 5. The fourth-order valence-electron chi connectivity index (χ4n) is 4.25. The number of hydrogen-bond donors (Lipinski definition) is 0. The summed E-state index contributed by atoms with van der Waals surface area (Å²) in [5.41, 5.74) is 5.55. The van der Waals surface area contributed by atoms with E-state index in [9.17, 15) is 10.1 Å². The van der Waals surface area contributed by atoms with E-state index in [1.54, 1.807) is 10.5 Å². The Kier molecular flexibility index (Phi) is 6.06. The number of nitriles is 1. The average Bonchev–Trinajstić information content (AvgIpc) is 2.74. The highest BCUT2D eigenvalue weighted by molar-refractivity contribution is 5.61. The lowest BCUT2D eigenvalue weighted by Gasteiger charge is -2.36. The molecule has 0 spiro atoms. The molecule has 1 aliphatic rings. The smallest absolute Gasteiger partial charge is 0.258 e. The van der Waals surface area contributed by atoms with Crippen LogP contribution >= 0.6 is 0 Å². The predicted molar refractivity (Wildman–Crippen MR) is 123 cm³/mol. The summed E-state index contributed by atoms with van der Waals surface area (Å²) in [6.45, 7) is 10.5. The second-order valence-electron chi connectivity index (χ2n) is 8.84. The summed E-state index contributed by atoms with van der Waals surface area (Å²) in [5, 5.41) is 9.57. The van der Waals surface area contributed by atoms with E-state index < -0.39 is 0 Å². The molecule has 3 heterocycles. The molecule has 0 aliphatic carbocycles. The minimum absolute atomic E-state index is 0.0389. The number of anilines is 1. The number of piperazine rings is 1. The average molecular weight is 416 g/mol. The van der Waals surface area contributed by atoms with Gasteiger partial charge >= 0.3 is 0 Å². The molecular weight excluding hydrogens is 386 g/mol. The molecule has 2 aromatic heterocycles. The molecule has 1 fully saturated rings. The Morgan fingerprint density at radius 1 is 1.10 bits per heavy atom. The predicted octanol–water partition coefficient (Wildman–Crippen LogP) is 3.40. The van der Waals surface area contributed by atoms with Gasteiger partial charge in [-0.15, -0.1) is 0 Å². The van der Waals surface area contributed by atoms with Crippen molar-refractivity contribution in [1.29, 1.82) is 5.26 Å². The van der Waals surface area contributed by atoms with E-state index in [-0.39, 0.29) is 5.56 Å². The molecule has 0 amide bonds. The van der Waals surface area contributed by atoms with Gasteiger partial charge in [-0.3, -0.25) is 14.1 Å². The molecule has 0 saturated carbocycles. The van der Waals surface area contributed by atoms with Crippen LogP contribution in [0.2, 0.25) is 0 Å². The zero-order chi connectivity index (χ0) is 22.0. The number of nitrogens with zero attached hydrogens (tertiary/aromatic N) is 5. The third-order valence-electron chi connectivity index (χ3n) is 5.79. The van der Waals surface area contributed by atoms with Crippen molar-refractivity contribution in [3.63, 3.8) is 0 Å². The van der Waals surface area contributed by atoms with E-state index in [1.165, 1.54) is 5.56 Å². The molecule has 4 rings (SSSR count). The summed E-state index contributed by atoms with van der Waals surface area (Å²) in [5.74, 6) is 0.583. The van der Waals surface area contributed by atoms with E-state index in [0.717, 1.165) is 55.1 Å². The van der Waals surface area contributed by atoms with Gasteiger partial charge in [0, 0.05) is 45.0 Å². The molecule has 3 aromatic rings. The third-order valence-corrected chi connectivity index (χ3v) is 5.79. The fraction of sp³-hybridized carbons (Fsp3) is 0.400. The van der Waals surface area contributed by atoms with Gasteiger partial charge in [0.25, 0.3) is 5.56 Å². The monoisotopic (exact) mass is 415 g/mol. The van der Waals surface area contributed by atoms with Crippen LogP contribution in [-0.4, -0.2) is 40.5 Å². The Labute approximate surface area is 183 Å². The SMILES string of the molecule is Cc1ccc2nc(CN3CCN(c4cc(CC(C)C)ccc4C#N)CC3)cc(=O)n2c1. The topological polar surface area (TPSA) is 64.6 Å². The maximum atomic E-state index is 12.5. The molecule has 0 radical (unpaired) electrons. The Balaban J connectivity index is 1.46. The summed E-state index contributed by atoms with van der Waals surface area (Å²) < 4.78 is 1.60. The molecule has 31 heavy (non-hydrogen) atoms. The summed E-state index contributed by atoms with van der Waals surface area (Å²) in [4.78, 5) is 21.8. The van der Waals surface area contributed by atoms with E-state index in [1.807, 2.05) is 31.3 Å². The van der Waals surface area contributed by atoms with Gasteiger partial charge in [0.05, 0.1) is 16.9 Å². The molecule has 160 valence electrons. The Bertz CT molecular complexity index is 1180. The van der Waals surface area contributed by atoms with Crippen LogP contribution in [0.1, 0.15) is 36.2 Å². The summed E-state index contributed by atoms with van der Waals surface area (Å²) in [6, 6.07) is 14.1. The second kappa shape index (κ2) is 8.91. The minimum atomic E-state index is -0.0389. The van der Waals surface area contributed by atoms with E-state index in [0.29, 0.717) is 18.1 Å². The van der Waals surface area contributed by atoms with Crippen molar-refractivity contribution in [3.05, 3.63) is 75.3 Å². The van der Waals surface area contributed by atoms with Gasteiger partial charge in [-0.25, -0.2) is 4.98 Å². The number of aryl methyl sites for hydroxylation is 1. The maximum absolute atomic E-state index is 12.5. The van der Waals surface area contributed by atoms with Crippen LogP contribution in [0, 0.1) is 24.2 Å². The van der Waals surface area contributed by atoms with E-state index >= 15 is 0 Å². The highest BCUT2D eigenvalue weighted by Crippen LogP contribution is 2.25. The molecular formula is C25H29N5O. The van der Waals surface area contributed by atoms with Crippen molar-refractivity contribution in [2.24, 2.45) is 5.92 Å². The molecule has 0 unspecified atom stereocenters. The first kappa shape index (κ1) is 21.1. The third kappa shape index (κ3) is 4.78. The van der Waals surface area contributed by atoms with Crippen molar-refractivity contribution >= 4 is 11.3 Å². The number of aromatic nitrogens is 2. The van der Waals surface area contributed by atoms with Gasteiger partial charge in [0.1, 0.15) is 11.7 Å². The van der Waals surface area contributed by atoms with Gasteiger partial charge in [-0.05, 0) is 48.6 Å². The highest BCUT2D eigenvalue weighted by atomic mass is 16.1. The standard InChI is InChI=1S/C25H29N5O/c1-18(2)12-20-5-6-21(15-26)23(13-20)29-10-8-28(9-11-29)17-22-14-25(31)30-16-19(3)4-7-24(30)27-22/h4-7,13-14,16,18H,8-12,17H2,1-3H3. The lowest BCUT2D eigenvalue weighted by atomic mass is 10.00. The minimum Gasteiger partial charge on any atom is -0.368 e. The van der Waals surface area contributed by atoms with Crippen molar-refractivity contribution < 1.29 is 0 Å². The highest BCUT2D eigenvalue weighted by Gasteiger charge is 2.20. The molecule has 1 aliphatic heterocycles. The number of fused-ring (bicyclic) bond motifs is 1. The quantitative estimate of drug-likeness (QED) is 0.639. The first-order chi connectivity index (χ1) is 14.9. The Hall–Kier alpha value is -3.17. The lowest BCUT2D eigenvalue weighted by Crippen LogP contribution is -2.46. The zero-order valence-corrected chi connectivity index (χ0v) is 18.5. The summed E-state index contributed by atoms with van der Waals surface area (Å²) >= 11 is 0. The van der Waals surface area contributed by atoms with Crippen LogP contribution in [0.3, 0.4) is 0 Å². The Morgan fingerprint density at radius 3 is 2.58 bits per heavy atom. The number of rotatable bonds is 5. The second-order valence-corrected chi connectivity index (χ2v) is 8.84. The van der Waals surface area contributed by atoms with Crippen molar-refractivity contribution in [1.82, 2.24) is 14.3 Å². The first-order valence-corrected chi connectivity index (χ1v) is 10.9. The van der Waals surface area contributed by atoms with Gasteiger partial charge < -0.3 is 4.90 Å². The van der Waals surface area contributed by atoms with Crippen LogP contribution in [0.4, 0.5) is 5.69 Å². The molecule has 1 aromatic carbocycles.